The smallest absolute Gasteiger partial charge is 0.392 e. The van der Waals surface area contributed by atoms with Gasteiger partial charge in [-0.15, -0.1) is 11.3 Å². The zero-order valence-corrected chi connectivity index (χ0v) is 45.0. The fraction of sp³-hybridized carbons (Fsp3) is 0.463. The predicted molar refractivity (Wildman–Crippen MR) is 287 cm³/mol. The highest BCUT2D eigenvalue weighted by atomic mass is 32.1. The molecule has 4 amide bonds. The molecule has 20 nitrogen and oxygen atoms in total. The van der Waals surface area contributed by atoms with Crippen LogP contribution in [0.15, 0.2) is 59.7 Å². The van der Waals surface area contributed by atoms with Crippen molar-refractivity contribution in [2.75, 3.05) is 59.3 Å². The number of anilines is 5. The Bertz CT molecular complexity index is 3520. The van der Waals surface area contributed by atoms with Crippen LogP contribution >= 0.6 is 19.2 Å². The molecule has 5 aromatic rings. The molecule has 11 rings (SSSR count). The first-order chi connectivity index (χ1) is 38.9. The number of thiophene rings is 1. The van der Waals surface area contributed by atoms with Gasteiger partial charge in [-0.3, -0.25) is 43.2 Å². The predicted octanol–water partition coefficient (Wildman–Crippen LogP) is 6.35. The number of imide groups is 1. The van der Waals surface area contributed by atoms with Crippen LogP contribution in [0.4, 0.5) is 41.9 Å². The van der Waals surface area contributed by atoms with Crippen molar-refractivity contribution >= 4 is 71.5 Å². The van der Waals surface area contributed by atoms with Crippen LogP contribution in [-0.4, -0.2) is 131 Å². The number of carbonyl (C=O) groups is 4. The Balaban J connectivity index is 0.761. The van der Waals surface area contributed by atoms with E-state index in [9.17, 15) is 43.4 Å². The molecular formula is C54H60F3N10O10PS. The normalized spacial score (nSPS) is 21.7. The highest BCUT2D eigenvalue weighted by Gasteiger charge is 2.46. The number of aryl methyl sites for hydroxylation is 2. The molecule has 1 aromatic carbocycles. The number of aromatic nitrogens is 3. The van der Waals surface area contributed by atoms with E-state index in [1.807, 2.05) is 19.1 Å². The number of nitrogens with zero attached hydrogens (tertiary/aromatic N) is 9. The number of piperidine rings is 2. The van der Waals surface area contributed by atoms with E-state index < -0.39 is 74.5 Å². The van der Waals surface area contributed by atoms with Gasteiger partial charge in [-0.1, -0.05) is 0 Å². The number of fused-ring (bicyclic) bond motifs is 4. The molecule has 3 atom stereocenters. The maximum Gasteiger partial charge on any atom is 0.471 e. The number of phosphoric ester groups is 1. The van der Waals surface area contributed by atoms with E-state index in [-0.39, 0.29) is 77.9 Å². The van der Waals surface area contributed by atoms with E-state index in [1.54, 1.807) is 11.0 Å². The van der Waals surface area contributed by atoms with Gasteiger partial charge in [0.15, 0.2) is 5.69 Å². The third kappa shape index (κ3) is 10.4. The largest absolute Gasteiger partial charge is 0.471 e. The minimum atomic E-state index is -5.04. The molecule has 4 N–H and O–H groups in total. The summed E-state index contributed by atoms with van der Waals surface area (Å²) in [6.07, 6.45) is 1.92. The van der Waals surface area contributed by atoms with Crippen molar-refractivity contribution in [3.63, 3.8) is 0 Å². The highest BCUT2D eigenvalue weighted by Crippen LogP contribution is 2.43. The summed E-state index contributed by atoms with van der Waals surface area (Å²) < 4.78 is 86.7. The van der Waals surface area contributed by atoms with Gasteiger partial charge in [-0.25, -0.2) is 14.5 Å². The zero-order chi connectivity index (χ0) is 58.3. The second-order valence-corrected chi connectivity index (χ2v) is 23.2. The molecular weight excluding hydrogens is 1070 g/mol. The molecule has 79 heavy (non-hydrogen) atoms. The van der Waals surface area contributed by atoms with Gasteiger partial charge in [0.05, 0.1) is 17.2 Å². The second kappa shape index (κ2) is 21.2. The Morgan fingerprint density at radius 1 is 0.911 bits per heavy atom. The number of pyridine rings is 3. The van der Waals surface area contributed by atoms with Crippen LogP contribution < -0.4 is 25.6 Å². The molecule has 9 heterocycles. The second-order valence-electron chi connectivity index (χ2n) is 20.9. The number of amides is 4. The maximum atomic E-state index is 15.1. The average Bonchev–Trinajstić information content (AvgIpc) is 4.09. The van der Waals surface area contributed by atoms with Gasteiger partial charge in [0.1, 0.15) is 29.6 Å². The van der Waals surface area contributed by atoms with Crippen molar-refractivity contribution in [2.24, 2.45) is 6.98 Å². The van der Waals surface area contributed by atoms with Gasteiger partial charge in [0.2, 0.25) is 5.91 Å². The quantitative estimate of drug-likeness (QED) is 0.0787. The summed E-state index contributed by atoms with van der Waals surface area (Å²) in [5, 5.41) is 13.5. The monoisotopic (exact) mass is 1130 g/mol. The number of nitrogens with one attached hydrogen (secondary N) is 1. The van der Waals surface area contributed by atoms with Crippen molar-refractivity contribution in [3.05, 3.63) is 108 Å². The molecule has 0 saturated carbocycles. The first-order valence-electron chi connectivity index (χ1n) is 27.8. The van der Waals surface area contributed by atoms with Crippen LogP contribution in [0.1, 0.15) is 109 Å². The Morgan fingerprint density at radius 2 is 1.70 bits per heavy atom. The van der Waals surface area contributed by atoms with Gasteiger partial charge in [0.25, 0.3) is 23.3 Å². The van der Waals surface area contributed by atoms with E-state index in [2.05, 4.69) is 29.6 Å². The highest BCUT2D eigenvalue weighted by molar-refractivity contribution is 7.46. The molecule has 5 aliphatic heterocycles. The average molecular weight is 1130 g/mol. The number of hydrogen-bond donors (Lipinski definition) is 4. The number of hydrogen-bond acceptors (Lipinski definition) is 15. The van der Waals surface area contributed by atoms with Gasteiger partial charge in [0, 0.05) is 115 Å². The van der Waals surface area contributed by atoms with Crippen molar-refractivity contribution in [3.8, 4) is 11.1 Å². The van der Waals surface area contributed by atoms with Crippen LogP contribution in [0.5, 0.6) is 0 Å². The van der Waals surface area contributed by atoms with Gasteiger partial charge in [-0.05, 0) is 130 Å². The number of rotatable bonds is 12. The Morgan fingerprint density at radius 3 is 2.43 bits per heavy atom. The van der Waals surface area contributed by atoms with E-state index >= 15 is 13.2 Å². The number of phosphoric acid groups is 1. The van der Waals surface area contributed by atoms with Gasteiger partial charge < -0.3 is 39.5 Å². The fourth-order valence-electron chi connectivity index (χ4n) is 12.4. The lowest BCUT2D eigenvalue weighted by atomic mass is 9.92. The Kier molecular flexibility index (Phi) is 13.6. The van der Waals surface area contributed by atoms with Crippen molar-refractivity contribution in [1.82, 2.24) is 29.2 Å². The Labute approximate surface area is 460 Å². The molecule has 6 aliphatic rings. The number of alkyl halides is 3. The van der Waals surface area contributed by atoms with E-state index in [0.717, 1.165) is 56.0 Å². The maximum absolute atomic E-state index is 15.1. The zero-order valence-electron chi connectivity index (χ0n) is 46.2. The number of halogens is 3. The lowest BCUT2D eigenvalue weighted by Crippen LogP contribution is -2.57. The van der Waals surface area contributed by atoms with Gasteiger partial charge in [-0.2, -0.15) is 13.2 Å². The summed E-state index contributed by atoms with van der Waals surface area (Å²) in [5.41, 5.74) is 1.97. The molecule has 0 spiro atoms. The van der Waals surface area contributed by atoms with E-state index in [0.29, 0.717) is 64.6 Å². The van der Waals surface area contributed by atoms with Crippen LogP contribution in [0.3, 0.4) is 0 Å². The summed E-state index contributed by atoms with van der Waals surface area (Å²) >= 11 is 1.49. The van der Waals surface area contributed by atoms with E-state index in [1.165, 1.54) is 69.0 Å². The van der Waals surface area contributed by atoms with Crippen molar-refractivity contribution in [2.45, 2.75) is 115 Å². The lowest BCUT2D eigenvalue weighted by Gasteiger charge is -2.47. The third-order valence-electron chi connectivity index (χ3n) is 16.2. The Hall–Kier alpha value is -6.53. The molecule has 3 saturated heterocycles. The topological polar surface area (TPSA) is 235 Å². The first-order valence-corrected chi connectivity index (χ1v) is 28.7. The number of carbonyl (C=O) groups excluding carboxylic acids is 4. The summed E-state index contributed by atoms with van der Waals surface area (Å²) in [7, 11) is -5.04. The minimum absolute atomic E-state index is 0.0414. The van der Waals surface area contributed by atoms with Crippen LogP contribution in [0.2, 0.25) is 0 Å². The molecule has 2 unspecified atom stereocenters. The number of likely N-dealkylation sites (tertiary alicyclic amines) is 1. The van der Waals surface area contributed by atoms with Crippen LogP contribution in [0, 0.1) is 0 Å². The number of benzene rings is 1. The standard InChI is InChI=1S/C54H60F3N10O10PS/c1-30-26-63(34-15-19-62(20-16-34)35-8-9-37-32(24-35)28-66(50(37)70)43-11-13-46(69)67(52(43)72)31(2)77-78(74,75)76)22-23-64(30)42-10-12-45(60-48(42)54(55,56)57)59-41-25-33(27-61(3)51(41)71)36-14-18-58-49(40(36)29-68)65-21-17-39-38-6-4-5-7-44(38)79-47(39)53(65)73/h8-10,12,14,18,24-25,27,30-31,34,43,68H,4-7,11,13,15-17,19-23,26,28-29H2,1-3H3,(H,59,60)(H2,74,75,76)/t30-,31?,43?/m0/s1/i3D3. The molecule has 0 radical (unpaired) electrons. The minimum Gasteiger partial charge on any atom is -0.392 e. The van der Waals surface area contributed by atoms with Crippen LogP contribution in [-0.2, 0) is 64.2 Å². The molecule has 418 valence electrons. The number of aliphatic hydroxyl groups is 1. The summed E-state index contributed by atoms with van der Waals surface area (Å²) in [5.74, 6) is -2.32. The van der Waals surface area contributed by atoms with E-state index in [4.69, 9.17) is 4.11 Å². The van der Waals surface area contributed by atoms with Crippen LogP contribution in [0.25, 0.3) is 11.1 Å². The third-order valence-corrected chi connectivity index (χ3v) is 18.1. The molecule has 0 bridgehead atoms. The molecule has 3 fully saturated rings. The fourth-order valence-corrected chi connectivity index (χ4v) is 14.3. The SMILES string of the molecule is [2H]C([2H])([2H])n1cc(-c2ccnc(N3CCc4c(sc5c4CCCC5)C3=O)c2CO)cc(Nc2ccc(N3CCN(C4CCN(c5ccc6c(c5)CN(C5CCC(=O)N(C(C)OP(=O)(O)O)C5=O)C6=O)CC4)C[C@@H]3C)c(C(F)(F)F)n2)c1=O. The molecule has 25 heteroatoms. The number of aliphatic hydroxyl groups excluding tert-OH is 1. The summed E-state index contributed by atoms with van der Waals surface area (Å²) in [6.45, 7) is 2.17. The molecule has 4 aromatic heterocycles. The number of piperazine rings is 1. The summed E-state index contributed by atoms with van der Waals surface area (Å²) in [4.78, 5) is 106. The van der Waals surface area contributed by atoms with Crippen molar-refractivity contribution in [1.29, 1.82) is 0 Å². The van der Waals surface area contributed by atoms with Crippen molar-refractivity contribution < 1.29 is 60.4 Å². The lowest BCUT2D eigenvalue weighted by molar-refractivity contribution is -0.161. The summed E-state index contributed by atoms with van der Waals surface area (Å²) in [6, 6.07) is 9.51. The van der Waals surface area contributed by atoms with Gasteiger partial charge >= 0.3 is 14.0 Å². The molecule has 1 aliphatic carbocycles. The first kappa shape index (κ1) is 50.7.